The molecular formula is C8H9ClO3. The van der Waals surface area contributed by atoms with E-state index in [2.05, 4.69) is 4.74 Å². The van der Waals surface area contributed by atoms with Crippen LogP contribution < -0.4 is 0 Å². The molecule has 0 atom stereocenters. The molecule has 0 radical (unpaired) electrons. The molecule has 0 aromatic carbocycles. The minimum Gasteiger partial charge on any atom is -0.422 e. The lowest BCUT2D eigenvalue weighted by molar-refractivity contribution is -0.116. The molecule has 12 heavy (non-hydrogen) atoms. The molecule has 0 aliphatic heterocycles. The summed E-state index contributed by atoms with van der Waals surface area (Å²) in [6.07, 6.45) is 4.29. The van der Waals surface area contributed by atoms with Crippen LogP contribution in [0.5, 0.6) is 0 Å². The molecule has 0 aromatic heterocycles. The average molecular weight is 189 g/mol. The normalized spacial score (nSPS) is 21.1. The van der Waals surface area contributed by atoms with Crippen LogP contribution in [0.2, 0.25) is 0 Å². The van der Waals surface area contributed by atoms with Gasteiger partial charge in [0.05, 0.1) is 0 Å². The summed E-state index contributed by atoms with van der Waals surface area (Å²) in [5, 5.41) is 0. The summed E-state index contributed by atoms with van der Waals surface area (Å²) in [5.74, 6) is 0.0548. The number of carbonyl (C=O) groups excluding carboxylic acids is 2. The quantitative estimate of drug-likeness (QED) is 0.361. The Balaban J connectivity index is 2.53. The van der Waals surface area contributed by atoms with Gasteiger partial charge in [0, 0.05) is 23.6 Å². The molecule has 0 spiro atoms. The van der Waals surface area contributed by atoms with Crippen LogP contribution in [0.1, 0.15) is 25.7 Å². The molecule has 0 amide bonds. The average Bonchev–Trinajstić information content (AvgIpc) is 2.03. The number of hydrogen-bond donors (Lipinski definition) is 0. The Hall–Kier alpha value is -0.830. The van der Waals surface area contributed by atoms with Crippen molar-refractivity contribution >= 4 is 22.8 Å². The second-order valence-corrected chi connectivity index (χ2v) is 2.94. The van der Waals surface area contributed by atoms with Crippen molar-refractivity contribution in [2.45, 2.75) is 25.7 Å². The molecule has 0 unspecified atom stereocenters. The number of ketones is 1. The lowest BCUT2D eigenvalue weighted by Gasteiger charge is -2.10. The molecule has 3 nitrogen and oxygen atoms in total. The zero-order valence-electron chi connectivity index (χ0n) is 6.51. The maximum atomic E-state index is 11.1. The van der Waals surface area contributed by atoms with Crippen LogP contribution in [-0.2, 0) is 9.53 Å². The Labute approximate surface area is 75.3 Å². The minimum absolute atomic E-state index is 0.0548. The predicted octanol–water partition coefficient (Wildman–Crippen LogP) is 2.39. The van der Waals surface area contributed by atoms with Crippen molar-refractivity contribution in [3.63, 3.8) is 0 Å². The summed E-state index contributed by atoms with van der Waals surface area (Å²) in [7, 11) is 0. The summed E-state index contributed by atoms with van der Waals surface area (Å²) in [4.78, 5) is 21.3. The van der Waals surface area contributed by atoms with Crippen molar-refractivity contribution in [1.29, 1.82) is 0 Å². The highest BCUT2D eigenvalue weighted by molar-refractivity contribution is 6.61. The molecule has 1 saturated carbocycles. The van der Waals surface area contributed by atoms with E-state index in [1.165, 1.54) is 0 Å². The molecule has 66 valence electrons. The standard InChI is InChI=1S/C8H9ClO3/c9-8(11)12-5-6-3-1-2-4-7(6)10/h5H,1-4H2. The minimum atomic E-state index is -0.902. The van der Waals surface area contributed by atoms with E-state index in [1.807, 2.05) is 0 Å². The molecule has 1 aliphatic rings. The fourth-order valence-electron chi connectivity index (χ4n) is 1.14. The largest absolute Gasteiger partial charge is 0.422 e. The number of hydrogen-bond acceptors (Lipinski definition) is 3. The van der Waals surface area contributed by atoms with Crippen molar-refractivity contribution in [2.24, 2.45) is 0 Å². The maximum Gasteiger partial charge on any atom is 0.408 e. The summed E-state index contributed by atoms with van der Waals surface area (Å²) in [5.41, 5.74) is -0.337. The fraction of sp³-hybridized carbons (Fsp3) is 0.500. The Morgan fingerprint density at radius 1 is 1.42 bits per heavy atom. The SMILES string of the molecule is O=C(Cl)OC=C1CCCCC1=O. The predicted molar refractivity (Wildman–Crippen MR) is 43.9 cm³/mol. The maximum absolute atomic E-state index is 11.1. The number of allylic oxidation sites excluding steroid dienone is 1. The molecule has 1 aliphatic carbocycles. The van der Waals surface area contributed by atoms with Gasteiger partial charge in [-0.3, -0.25) is 4.79 Å². The smallest absolute Gasteiger partial charge is 0.408 e. The van der Waals surface area contributed by atoms with E-state index in [-0.39, 0.29) is 5.78 Å². The van der Waals surface area contributed by atoms with Crippen LogP contribution in [0.25, 0.3) is 0 Å². The number of carbonyl (C=O) groups is 2. The van der Waals surface area contributed by atoms with Gasteiger partial charge in [0.2, 0.25) is 0 Å². The molecule has 4 heteroatoms. The fourth-order valence-corrected chi connectivity index (χ4v) is 1.19. The molecule has 0 bridgehead atoms. The van der Waals surface area contributed by atoms with E-state index >= 15 is 0 Å². The second-order valence-electron chi connectivity index (χ2n) is 2.63. The summed E-state index contributed by atoms with van der Waals surface area (Å²) >= 11 is 4.93. The summed E-state index contributed by atoms with van der Waals surface area (Å²) < 4.78 is 4.40. The highest BCUT2D eigenvalue weighted by Gasteiger charge is 2.15. The first-order valence-corrected chi connectivity index (χ1v) is 4.16. The molecule has 0 saturated heterocycles. The van der Waals surface area contributed by atoms with Gasteiger partial charge in [-0.1, -0.05) is 0 Å². The Bertz CT molecular complexity index is 232. The van der Waals surface area contributed by atoms with Crippen LogP contribution in [0.15, 0.2) is 11.8 Å². The van der Waals surface area contributed by atoms with E-state index < -0.39 is 5.43 Å². The number of halogens is 1. The Kier molecular flexibility index (Phi) is 3.29. The van der Waals surface area contributed by atoms with E-state index in [0.29, 0.717) is 18.4 Å². The van der Waals surface area contributed by atoms with Gasteiger partial charge in [-0.25, -0.2) is 4.79 Å². The zero-order chi connectivity index (χ0) is 8.97. The van der Waals surface area contributed by atoms with Gasteiger partial charge in [0.25, 0.3) is 0 Å². The van der Waals surface area contributed by atoms with Gasteiger partial charge < -0.3 is 4.74 Å². The molecule has 0 heterocycles. The highest BCUT2D eigenvalue weighted by atomic mass is 35.5. The van der Waals surface area contributed by atoms with Crippen molar-refractivity contribution in [3.05, 3.63) is 11.8 Å². The van der Waals surface area contributed by atoms with Crippen molar-refractivity contribution in [3.8, 4) is 0 Å². The van der Waals surface area contributed by atoms with Crippen molar-refractivity contribution in [2.75, 3.05) is 0 Å². The van der Waals surface area contributed by atoms with Crippen LogP contribution in [-0.4, -0.2) is 11.2 Å². The van der Waals surface area contributed by atoms with E-state index in [0.717, 1.165) is 19.1 Å². The van der Waals surface area contributed by atoms with E-state index in [4.69, 9.17) is 11.6 Å². The summed E-state index contributed by atoms with van der Waals surface area (Å²) in [6.45, 7) is 0. The second kappa shape index (κ2) is 4.26. The molecule has 0 aromatic rings. The third kappa shape index (κ3) is 2.66. The third-order valence-corrected chi connectivity index (χ3v) is 1.84. The van der Waals surface area contributed by atoms with Gasteiger partial charge in [0.15, 0.2) is 5.78 Å². The van der Waals surface area contributed by atoms with Crippen LogP contribution in [0.4, 0.5) is 4.79 Å². The molecule has 0 N–H and O–H groups in total. The first-order valence-electron chi connectivity index (χ1n) is 3.78. The highest BCUT2D eigenvalue weighted by Crippen LogP contribution is 2.19. The third-order valence-electron chi connectivity index (χ3n) is 1.75. The van der Waals surface area contributed by atoms with Gasteiger partial charge in [-0.05, 0) is 19.3 Å². The van der Waals surface area contributed by atoms with Crippen LogP contribution in [0.3, 0.4) is 0 Å². The lowest BCUT2D eigenvalue weighted by atomic mass is 9.95. The van der Waals surface area contributed by atoms with Gasteiger partial charge in [-0.2, -0.15) is 0 Å². The van der Waals surface area contributed by atoms with Crippen molar-refractivity contribution < 1.29 is 14.3 Å². The van der Waals surface area contributed by atoms with Crippen molar-refractivity contribution in [1.82, 2.24) is 0 Å². The monoisotopic (exact) mass is 188 g/mol. The first kappa shape index (κ1) is 9.26. The molecule has 1 fully saturated rings. The molecule has 1 rings (SSSR count). The number of Topliss-reactive ketones (excluding diaryl/α,β-unsaturated/α-hetero) is 1. The lowest BCUT2D eigenvalue weighted by Crippen LogP contribution is -2.08. The number of ether oxygens (including phenoxy) is 1. The van der Waals surface area contributed by atoms with Gasteiger partial charge in [0.1, 0.15) is 6.26 Å². The summed E-state index contributed by atoms with van der Waals surface area (Å²) in [6, 6.07) is 0. The van der Waals surface area contributed by atoms with Gasteiger partial charge in [-0.15, -0.1) is 0 Å². The zero-order valence-corrected chi connectivity index (χ0v) is 7.26. The van der Waals surface area contributed by atoms with E-state index in [1.54, 1.807) is 0 Å². The van der Waals surface area contributed by atoms with Crippen LogP contribution >= 0.6 is 11.6 Å². The topological polar surface area (TPSA) is 43.4 Å². The van der Waals surface area contributed by atoms with Crippen LogP contribution in [0, 0.1) is 0 Å². The Morgan fingerprint density at radius 2 is 2.08 bits per heavy atom. The number of rotatable bonds is 1. The Morgan fingerprint density at radius 3 is 2.67 bits per heavy atom. The van der Waals surface area contributed by atoms with Gasteiger partial charge >= 0.3 is 5.43 Å². The molecular weight excluding hydrogens is 180 g/mol. The van der Waals surface area contributed by atoms with E-state index in [9.17, 15) is 9.59 Å². The first-order chi connectivity index (χ1) is 5.70.